The number of rotatable bonds is 5. The summed E-state index contributed by atoms with van der Waals surface area (Å²) in [6.07, 6.45) is 0. The summed E-state index contributed by atoms with van der Waals surface area (Å²) in [7, 11) is 0. The van der Waals surface area contributed by atoms with Crippen LogP contribution in [-0.4, -0.2) is 23.5 Å². The smallest absolute Gasteiger partial charge is 0.315 e. The third-order valence-corrected chi connectivity index (χ3v) is 5.03. The standard InChI is InChI=1S/C17H19NO3S/c1-11-12(2)22-9-14(11)15(19)18-10-17(3,16(20)21)13-7-5-4-6-8-13/h4-9H,10H2,1-3H3,(H,18,19)(H,20,21). The minimum atomic E-state index is -1.16. The molecule has 0 aliphatic heterocycles. The van der Waals surface area contributed by atoms with Crippen LogP contribution in [0.1, 0.15) is 33.3 Å². The zero-order valence-electron chi connectivity index (χ0n) is 12.8. The number of aliphatic carboxylic acids is 1. The fraction of sp³-hybridized carbons (Fsp3) is 0.294. The molecule has 1 amide bonds. The fourth-order valence-corrected chi connectivity index (χ4v) is 3.06. The molecule has 22 heavy (non-hydrogen) atoms. The predicted octanol–water partition coefficient (Wildman–Crippen LogP) is 3.14. The van der Waals surface area contributed by atoms with Crippen LogP contribution < -0.4 is 5.32 Å². The lowest BCUT2D eigenvalue weighted by Crippen LogP contribution is -2.44. The third kappa shape index (κ3) is 3.04. The van der Waals surface area contributed by atoms with Crippen molar-refractivity contribution in [1.82, 2.24) is 5.32 Å². The summed E-state index contributed by atoms with van der Waals surface area (Å²) in [6, 6.07) is 8.96. The number of hydrogen-bond donors (Lipinski definition) is 2. The van der Waals surface area contributed by atoms with Gasteiger partial charge < -0.3 is 10.4 Å². The largest absolute Gasteiger partial charge is 0.481 e. The van der Waals surface area contributed by atoms with Gasteiger partial charge in [-0.25, -0.2) is 0 Å². The number of aryl methyl sites for hydroxylation is 1. The van der Waals surface area contributed by atoms with Gasteiger partial charge in [-0.15, -0.1) is 11.3 Å². The molecular formula is C17H19NO3S. The molecule has 5 heteroatoms. The van der Waals surface area contributed by atoms with Crippen molar-refractivity contribution in [1.29, 1.82) is 0 Å². The van der Waals surface area contributed by atoms with E-state index in [0.29, 0.717) is 11.1 Å². The van der Waals surface area contributed by atoms with Crippen LogP contribution in [0, 0.1) is 13.8 Å². The van der Waals surface area contributed by atoms with Crippen LogP contribution in [-0.2, 0) is 10.2 Å². The van der Waals surface area contributed by atoms with Gasteiger partial charge in [0.1, 0.15) is 5.41 Å². The van der Waals surface area contributed by atoms with Gasteiger partial charge >= 0.3 is 5.97 Å². The molecule has 1 aromatic heterocycles. The lowest BCUT2D eigenvalue weighted by atomic mass is 9.82. The van der Waals surface area contributed by atoms with Crippen molar-refractivity contribution >= 4 is 23.2 Å². The van der Waals surface area contributed by atoms with E-state index in [4.69, 9.17) is 0 Å². The van der Waals surface area contributed by atoms with Crippen LogP contribution in [0.4, 0.5) is 0 Å². The summed E-state index contributed by atoms with van der Waals surface area (Å²) in [5.74, 6) is -1.19. The lowest BCUT2D eigenvalue weighted by Gasteiger charge is -2.25. The number of thiophene rings is 1. The second-order valence-corrected chi connectivity index (χ2v) is 6.60. The highest BCUT2D eigenvalue weighted by Crippen LogP contribution is 2.24. The van der Waals surface area contributed by atoms with Crippen molar-refractivity contribution in [2.45, 2.75) is 26.2 Å². The molecule has 0 saturated carbocycles. The first-order valence-corrected chi connectivity index (χ1v) is 7.86. The summed E-state index contributed by atoms with van der Waals surface area (Å²) < 4.78 is 0. The Morgan fingerprint density at radius 2 is 1.86 bits per heavy atom. The van der Waals surface area contributed by atoms with Crippen molar-refractivity contribution in [3.05, 3.63) is 57.3 Å². The minimum Gasteiger partial charge on any atom is -0.481 e. The van der Waals surface area contributed by atoms with E-state index in [1.54, 1.807) is 36.6 Å². The number of carbonyl (C=O) groups excluding carboxylic acids is 1. The molecule has 0 aliphatic carbocycles. The lowest BCUT2D eigenvalue weighted by molar-refractivity contribution is -0.142. The summed E-state index contributed by atoms with van der Waals surface area (Å²) in [5.41, 5.74) is 1.07. The molecule has 116 valence electrons. The van der Waals surface area contributed by atoms with E-state index >= 15 is 0 Å². The molecular weight excluding hydrogens is 298 g/mol. The molecule has 0 fully saturated rings. The second kappa shape index (κ2) is 6.32. The van der Waals surface area contributed by atoms with Gasteiger partial charge in [0, 0.05) is 16.8 Å². The molecule has 1 unspecified atom stereocenters. The first-order valence-electron chi connectivity index (χ1n) is 6.98. The van der Waals surface area contributed by atoms with Crippen LogP contribution in [0.3, 0.4) is 0 Å². The molecule has 1 heterocycles. The van der Waals surface area contributed by atoms with Crippen LogP contribution in [0.25, 0.3) is 0 Å². The fourth-order valence-electron chi connectivity index (χ4n) is 2.20. The Labute approximate surface area is 133 Å². The van der Waals surface area contributed by atoms with Crippen molar-refractivity contribution in [2.24, 2.45) is 0 Å². The second-order valence-electron chi connectivity index (χ2n) is 5.52. The zero-order valence-corrected chi connectivity index (χ0v) is 13.7. The number of carbonyl (C=O) groups is 2. The monoisotopic (exact) mass is 317 g/mol. The maximum atomic E-state index is 12.3. The van der Waals surface area contributed by atoms with Gasteiger partial charge in [-0.3, -0.25) is 9.59 Å². The van der Waals surface area contributed by atoms with E-state index in [9.17, 15) is 14.7 Å². The van der Waals surface area contributed by atoms with Gasteiger partial charge in [0.2, 0.25) is 0 Å². The Morgan fingerprint density at radius 3 is 2.36 bits per heavy atom. The predicted molar refractivity (Wildman–Crippen MR) is 87.6 cm³/mol. The number of amides is 1. The Balaban J connectivity index is 2.18. The van der Waals surface area contributed by atoms with E-state index in [1.807, 2.05) is 19.9 Å². The van der Waals surface area contributed by atoms with Crippen LogP contribution in [0.5, 0.6) is 0 Å². The first kappa shape index (κ1) is 16.2. The van der Waals surface area contributed by atoms with Gasteiger partial charge in [0.05, 0.1) is 5.56 Å². The molecule has 4 nitrogen and oxygen atoms in total. The molecule has 2 aromatic rings. The van der Waals surface area contributed by atoms with Crippen LogP contribution >= 0.6 is 11.3 Å². The van der Waals surface area contributed by atoms with Gasteiger partial charge in [-0.1, -0.05) is 30.3 Å². The first-order chi connectivity index (χ1) is 10.4. The summed E-state index contributed by atoms with van der Waals surface area (Å²) in [5, 5.41) is 14.1. The van der Waals surface area contributed by atoms with Gasteiger partial charge in [-0.2, -0.15) is 0 Å². The molecule has 0 aliphatic rings. The Morgan fingerprint density at radius 1 is 1.23 bits per heavy atom. The number of carboxylic acid groups (broad SMARTS) is 1. The van der Waals surface area contributed by atoms with E-state index < -0.39 is 11.4 Å². The molecule has 0 saturated heterocycles. The summed E-state index contributed by atoms with van der Waals surface area (Å²) in [6.45, 7) is 5.52. The van der Waals surface area contributed by atoms with Crippen molar-refractivity contribution < 1.29 is 14.7 Å². The molecule has 2 rings (SSSR count). The average molecular weight is 317 g/mol. The van der Waals surface area contributed by atoms with E-state index in [1.165, 1.54) is 11.3 Å². The van der Waals surface area contributed by atoms with E-state index in [-0.39, 0.29) is 12.5 Å². The van der Waals surface area contributed by atoms with Crippen molar-refractivity contribution in [2.75, 3.05) is 6.54 Å². The third-order valence-electron chi connectivity index (χ3n) is 4.02. The number of nitrogens with one attached hydrogen (secondary N) is 1. The van der Waals surface area contributed by atoms with Gasteiger partial charge in [-0.05, 0) is 31.9 Å². The molecule has 1 aromatic carbocycles. The molecule has 0 spiro atoms. The maximum Gasteiger partial charge on any atom is 0.315 e. The SMILES string of the molecule is Cc1scc(C(=O)NCC(C)(C(=O)O)c2ccccc2)c1C. The van der Waals surface area contributed by atoms with Crippen molar-refractivity contribution in [3.63, 3.8) is 0 Å². The highest BCUT2D eigenvalue weighted by atomic mass is 32.1. The average Bonchev–Trinajstić information content (AvgIpc) is 2.85. The highest BCUT2D eigenvalue weighted by molar-refractivity contribution is 7.10. The van der Waals surface area contributed by atoms with Crippen LogP contribution in [0.15, 0.2) is 35.7 Å². The number of carboxylic acids is 1. The molecule has 2 N–H and O–H groups in total. The normalized spacial score (nSPS) is 13.4. The summed E-state index contributed by atoms with van der Waals surface area (Å²) >= 11 is 1.52. The van der Waals surface area contributed by atoms with Gasteiger partial charge in [0.15, 0.2) is 0 Å². The zero-order chi connectivity index (χ0) is 16.3. The Bertz CT molecular complexity index is 693. The number of benzene rings is 1. The maximum absolute atomic E-state index is 12.3. The molecule has 1 atom stereocenters. The highest BCUT2D eigenvalue weighted by Gasteiger charge is 2.35. The van der Waals surface area contributed by atoms with E-state index in [0.717, 1.165) is 10.4 Å². The summed E-state index contributed by atoms with van der Waals surface area (Å²) in [4.78, 5) is 25.1. The molecule has 0 radical (unpaired) electrons. The van der Waals surface area contributed by atoms with Crippen molar-refractivity contribution in [3.8, 4) is 0 Å². The Kier molecular flexibility index (Phi) is 4.66. The topological polar surface area (TPSA) is 66.4 Å². The molecule has 0 bridgehead atoms. The quantitative estimate of drug-likeness (QED) is 0.890. The number of hydrogen-bond acceptors (Lipinski definition) is 3. The Hall–Kier alpha value is -2.14. The van der Waals surface area contributed by atoms with Gasteiger partial charge in [0.25, 0.3) is 5.91 Å². The van der Waals surface area contributed by atoms with E-state index in [2.05, 4.69) is 5.32 Å². The van der Waals surface area contributed by atoms with Crippen LogP contribution in [0.2, 0.25) is 0 Å². The minimum absolute atomic E-state index is 0.0412.